The maximum Gasteiger partial charge on any atom is 0.337 e. The lowest BCUT2D eigenvalue weighted by Gasteiger charge is -2.23. The van der Waals surface area contributed by atoms with E-state index in [0.29, 0.717) is 16.9 Å². The number of hydrogen-bond acceptors (Lipinski definition) is 5. The highest BCUT2D eigenvalue weighted by molar-refractivity contribution is 6.14. The Balaban J connectivity index is 2.04. The van der Waals surface area contributed by atoms with Crippen molar-refractivity contribution in [1.82, 2.24) is 0 Å². The van der Waals surface area contributed by atoms with Crippen LogP contribution in [0.15, 0.2) is 48.5 Å². The summed E-state index contributed by atoms with van der Waals surface area (Å²) in [5.74, 6) is -1.34. The Kier molecular flexibility index (Phi) is 6.41. The summed E-state index contributed by atoms with van der Waals surface area (Å²) >= 11 is 0. The summed E-state index contributed by atoms with van der Waals surface area (Å²) in [6, 6.07) is 13.6. The number of hydrogen-bond donors (Lipinski definition) is 2. The molecular weight excluding hydrogens is 358 g/mol. The molecule has 28 heavy (non-hydrogen) atoms. The van der Waals surface area contributed by atoms with Gasteiger partial charge in [0.05, 0.1) is 12.7 Å². The number of ether oxygens (including phenoxy) is 1. The van der Waals surface area contributed by atoms with Gasteiger partial charge in [-0.2, -0.15) is 0 Å². The first kappa shape index (κ1) is 21.0. The number of amides is 2. The van der Waals surface area contributed by atoms with Crippen LogP contribution in [0, 0.1) is 5.41 Å². The van der Waals surface area contributed by atoms with Crippen molar-refractivity contribution in [3.8, 4) is 0 Å². The second-order valence-corrected chi connectivity index (χ2v) is 7.04. The minimum absolute atomic E-state index is 0.374. The molecule has 0 unspecified atom stereocenters. The topological polar surface area (TPSA) is 87.7 Å². The van der Waals surface area contributed by atoms with E-state index in [9.17, 15) is 14.4 Å². The van der Waals surface area contributed by atoms with Crippen LogP contribution >= 0.6 is 0 Å². The van der Waals surface area contributed by atoms with E-state index in [1.54, 1.807) is 50.2 Å². The van der Waals surface area contributed by atoms with Gasteiger partial charge in [0.2, 0.25) is 11.8 Å². The van der Waals surface area contributed by atoms with Gasteiger partial charge >= 0.3 is 5.97 Å². The van der Waals surface area contributed by atoms with Gasteiger partial charge in [0.25, 0.3) is 0 Å². The van der Waals surface area contributed by atoms with Gasteiger partial charge in [-0.25, -0.2) is 4.79 Å². The quantitative estimate of drug-likeness (QED) is 0.591. The number of carbonyl (C=O) groups excluding carboxylic acids is 3. The molecule has 2 aromatic rings. The number of anilines is 3. The molecule has 0 bridgehead atoms. The zero-order valence-corrected chi connectivity index (χ0v) is 16.7. The molecule has 7 nitrogen and oxygen atoms in total. The lowest BCUT2D eigenvalue weighted by atomic mass is 9.90. The van der Waals surface area contributed by atoms with Gasteiger partial charge in [-0.05, 0) is 62.4 Å². The van der Waals surface area contributed by atoms with Crippen LogP contribution < -0.4 is 15.5 Å². The third-order valence-electron chi connectivity index (χ3n) is 4.34. The van der Waals surface area contributed by atoms with E-state index in [1.165, 1.54) is 7.11 Å². The highest BCUT2D eigenvalue weighted by Crippen LogP contribution is 2.23. The van der Waals surface area contributed by atoms with Crippen molar-refractivity contribution in [1.29, 1.82) is 0 Å². The van der Waals surface area contributed by atoms with E-state index in [-0.39, 0.29) is 0 Å². The predicted octanol–water partition coefficient (Wildman–Crippen LogP) is 3.14. The van der Waals surface area contributed by atoms with Gasteiger partial charge in [-0.3, -0.25) is 9.59 Å². The van der Waals surface area contributed by atoms with Crippen molar-refractivity contribution in [3.63, 3.8) is 0 Å². The first-order valence-corrected chi connectivity index (χ1v) is 8.74. The van der Waals surface area contributed by atoms with Gasteiger partial charge < -0.3 is 20.3 Å². The smallest absolute Gasteiger partial charge is 0.337 e. The number of rotatable bonds is 6. The van der Waals surface area contributed by atoms with E-state index >= 15 is 0 Å². The summed E-state index contributed by atoms with van der Waals surface area (Å²) in [7, 11) is 5.16. The molecule has 0 heterocycles. The molecule has 0 fully saturated rings. The number of nitrogens with one attached hydrogen (secondary N) is 2. The maximum absolute atomic E-state index is 12.6. The van der Waals surface area contributed by atoms with Crippen molar-refractivity contribution in [2.24, 2.45) is 5.41 Å². The summed E-state index contributed by atoms with van der Waals surface area (Å²) in [5, 5.41) is 5.47. The fourth-order valence-corrected chi connectivity index (χ4v) is 2.33. The van der Waals surface area contributed by atoms with Gasteiger partial charge in [0, 0.05) is 31.2 Å². The summed E-state index contributed by atoms with van der Waals surface area (Å²) < 4.78 is 4.64. The molecule has 0 radical (unpaired) electrons. The zero-order chi connectivity index (χ0) is 20.9. The number of esters is 1. The SMILES string of the molecule is COC(=O)c1ccc(NC(=O)C(C)(C)C(=O)Nc2ccc(N(C)C)cc2)cc1. The number of methoxy groups -OCH3 is 1. The largest absolute Gasteiger partial charge is 0.465 e. The van der Waals surface area contributed by atoms with Crippen LogP contribution in [-0.4, -0.2) is 39.0 Å². The molecule has 0 aliphatic heterocycles. The average molecular weight is 383 g/mol. The third kappa shape index (κ3) is 4.88. The van der Waals surface area contributed by atoms with Crippen molar-refractivity contribution >= 4 is 34.8 Å². The van der Waals surface area contributed by atoms with Crippen LogP contribution in [0.1, 0.15) is 24.2 Å². The summed E-state index contributed by atoms with van der Waals surface area (Å²) in [4.78, 5) is 38.7. The Bertz CT molecular complexity index is 856. The van der Waals surface area contributed by atoms with Crippen molar-refractivity contribution in [2.75, 3.05) is 36.7 Å². The molecule has 2 aromatic carbocycles. The van der Waals surface area contributed by atoms with E-state index in [1.807, 2.05) is 31.1 Å². The summed E-state index contributed by atoms with van der Waals surface area (Å²) in [6.45, 7) is 3.10. The standard InChI is InChI=1S/C21H25N3O4/c1-21(2,20(27)23-16-10-12-17(13-11-16)24(3)4)19(26)22-15-8-6-14(7-9-15)18(25)28-5/h6-13H,1-5H3,(H,22,26)(H,23,27). The van der Waals surface area contributed by atoms with Crippen LogP contribution in [0.3, 0.4) is 0 Å². The molecule has 0 atom stereocenters. The molecule has 148 valence electrons. The Hall–Kier alpha value is -3.35. The molecule has 0 saturated carbocycles. The first-order chi connectivity index (χ1) is 13.1. The molecule has 0 saturated heterocycles. The molecule has 2 rings (SSSR count). The number of carbonyl (C=O) groups is 3. The molecule has 0 spiro atoms. The normalized spacial score (nSPS) is 10.8. The molecule has 7 heteroatoms. The van der Waals surface area contributed by atoms with E-state index in [0.717, 1.165) is 5.69 Å². The van der Waals surface area contributed by atoms with Crippen LogP contribution in [0.25, 0.3) is 0 Å². The summed E-state index contributed by atoms with van der Waals surface area (Å²) in [6.07, 6.45) is 0. The Morgan fingerprint density at radius 1 is 0.821 bits per heavy atom. The molecule has 0 aliphatic carbocycles. The van der Waals surface area contributed by atoms with E-state index < -0.39 is 23.2 Å². The fourth-order valence-electron chi connectivity index (χ4n) is 2.33. The first-order valence-electron chi connectivity index (χ1n) is 8.74. The van der Waals surface area contributed by atoms with E-state index in [4.69, 9.17) is 0 Å². The van der Waals surface area contributed by atoms with Crippen molar-refractivity contribution in [2.45, 2.75) is 13.8 Å². The number of benzene rings is 2. The van der Waals surface area contributed by atoms with Gasteiger partial charge in [0.15, 0.2) is 0 Å². The minimum atomic E-state index is -1.30. The lowest BCUT2D eigenvalue weighted by molar-refractivity contribution is -0.135. The van der Waals surface area contributed by atoms with Crippen LogP contribution in [0.4, 0.5) is 17.1 Å². The highest BCUT2D eigenvalue weighted by Gasteiger charge is 2.36. The molecular formula is C21H25N3O4. The Morgan fingerprint density at radius 3 is 1.64 bits per heavy atom. The highest BCUT2D eigenvalue weighted by atomic mass is 16.5. The Labute approximate surface area is 164 Å². The predicted molar refractivity (Wildman–Crippen MR) is 110 cm³/mol. The van der Waals surface area contributed by atoms with Gasteiger partial charge in [0.1, 0.15) is 5.41 Å². The molecule has 2 amide bonds. The molecule has 2 N–H and O–H groups in total. The maximum atomic E-state index is 12.6. The fraction of sp³-hybridized carbons (Fsp3) is 0.286. The average Bonchev–Trinajstić information content (AvgIpc) is 2.68. The third-order valence-corrected chi connectivity index (χ3v) is 4.34. The minimum Gasteiger partial charge on any atom is -0.465 e. The Morgan fingerprint density at radius 2 is 1.25 bits per heavy atom. The van der Waals surface area contributed by atoms with Crippen LogP contribution in [-0.2, 0) is 14.3 Å². The monoisotopic (exact) mass is 383 g/mol. The van der Waals surface area contributed by atoms with E-state index in [2.05, 4.69) is 15.4 Å². The molecule has 0 aliphatic rings. The van der Waals surface area contributed by atoms with Crippen LogP contribution in [0.2, 0.25) is 0 Å². The second-order valence-electron chi connectivity index (χ2n) is 7.04. The van der Waals surface area contributed by atoms with Crippen molar-refractivity contribution in [3.05, 3.63) is 54.1 Å². The van der Waals surface area contributed by atoms with Crippen LogP contribution in [0.5, 0.6) is 0 Å². The van der Waals surface area contributed by atoms with Gasteiger partial charge in [-0.15, -0.1) is 0 Å². The lowest BCUT2D eigenvalue weighted by Crippen LogP contribution is -2.41. The molecule has 0 aromatic heterocycles. The summed E-state index contributed by atoms with van der Waals surface area (Å²) in [5.41, 5.74) is 1.16. The van der Waals surface area contributed by atoms with Crippen molar-refractivity contribution < 1.29 is 19.1 Å². The van der Waals surface area contributed by atoms with Gasteiger partial charge in [-0.1, -0.05) is 0 Å². The second kappa shape index (κ2) is 8.56. The zero-order valence-electron chi connectivity index (χ0n) is 16.7. The number of nitrogens with zero attached hydrogens (tertiary/aromatic N) is 1.